The highest BCUT2D eigenvalue weighted by atomic mass is 35.5. The molecule has 0 spiro atoms. The van der Waals surface area contributed by atoms with Crippen LogP contribution in [0.1, 0.15) is 23.6 Å². The number of hydrogen-bond acceptors (Lipinski definition) is 5. The predicted molar refractivity (Wildman–Crippen MR) is 145 cm³/mol. The maximum Gasteiger partial charge on any atom is 0.264 e. The molecular weight excluding hydrogens is 527 g/mol. The third kappa shape index (κ3) is 6.33. The lowest BCUT2D eigenvalue weighted by atomic mass is 10.1. The van der Waals surface area contributed by atoms with Gasteiger partial charge in [0.2, 0.25) is 0 Å². The summed E-state index contributed by atoms with van der Waals surface area (Å²) < 4.78 is 11.8. The molecule has 0 bridgehead atoms. The van der Waals surface area contributed by atoms with Crippen LogP contribution in [0.2, 0.25) is 15.1 Å². The number of carbonyl (C=O) groups is 1. The second-order valence-corrected chi connectivity index (χ2v) is 9.82. The molecule has 5 nitrogen and oxygen atoms in total. The van der Waals surface area contributed by atoms with Gasteiger partial charge in [0.15, 0.2) is 16.7 Å². The maximum atomic E-state index is 12.6. The van der Waals surface area contributed by atoms with Crippen molar-refractivity contribution in [2.24, 2.45) is 4.99 Å². The van der Waals surface area contributed by atoms with E-state index in [4.69, 9.17) is 44.3 Å². The summed E-state index contributed by atoms with van der Waals surface area (Å²) in [5.41, 5.74) is 3.35. The summed E-state index contributed by atoms with van der Waals surface area (Å²) in [7, 11) is 0. The molecule has 0 aromatic heterocycles. The summed E-state index contributed by atoms with van der Waals surface area (Å²) in [6.07, 6.45) is 1.72. The molecule has 0 unspecified atom stereocenters. The average Bonchev–Trinajstić information content (AvgIpc) is 3.15. The van der Waals surface area contributed by atoms with Crippen LogP contribution in [0, 0.1) is 6.92 Å². The SMILES string of the molecule is CCOc1cc(/C=C2/SC(=Nc3cccc(Cl)c3Cl)NC2=O)cc(Cl)c1OCc1cccc(C)c1. The van der Waals surface area contributed by atoms with Crippen LogP contribution in [0.15, 0.2) is 64.5 Å². The van der Waals surface area contributed by atoms with E-state index < -0.39 is 0 Å². The molecule has 1 N–H and O–H groups in total. The van der Waals surface area contributed by atoms with Gasteiger partial charge in [0.05, 0.1) is 32.3 Å². The van der Waals surface area contributed by atoms with Gasteiger partial charge in [-0.1, -0.05) is 70.7 Å². The van der Waals surface area contributed by atoms with Crippen molar-refractivity contribution in [3.63, 3.8) is 0 Å². The van der Waals surface area contributed by atoms with Crippen LogP contribution >= 0.6 is 46.6 Å². The summed E-state index contributed by atoms with van der Waals surface area (Å²) in [4.78, 5) is 17.4. The predicted octanol–water partition coefficient (Wildman–Crippen LogP) is 7.82. The van der Waals surface area contributed by atoms with Crippen LogP contribution in [0.5, 0.6) is 11.5 Å². The van der Waals surface area contributed by atoms with Crippen molar-refractivity contribution < 1.29 is 14.3 Å². The van der Waals surface area contributed by atoms with Crippen LogP contribution in [-0.2, 0) is 11.4 Å². The van der Waals surface area contributed by atoms with E-state index in [1.165, 1.54) is 11.8 Å². The quantitative estimate of drug-likeness (QED) is 0.306. The summed E-state index contributed by atoms with van der Waals surface area (Å²) in [5.74, 6) is 0.682. The molecule has 4 rings (SSSR count). The molecule has 3 aromatic carbocycles. The molecule has 9 heteroatoms. The average molecular weight is 548 g/mol. The Bertz CT molecular complexity index is 1340. The van der Waals surface area contributed by atoms with Crippen molar-refractivity contribution in [1.29, 1.82) is 0 Å². The number of thioether (sulfide) groups is 1. The first kappa shape index (κ1) is 25.5. The smallest absolute Gasteiger partial charge is 0.264 e. The fraction of sp³-hybridized carbons (Fsp3) is 0.154. The number of aryl methyl sites for hydroxylation is 1. The first-order valence-electron chi connectivity index (χ1n) is 10.7. The number of amidine groups is 1. The lowest BCUT2D eigenvalue weighted by molar-refractivity contribution is -0.115. The third-order valence-electron chi connectivity index (χ3n) is 4.90. The highest BCUT2D eigenvalue weighted by Gasteiger charge is 2.25. The molecule has 1 fully saturated rings. The number of amides is 1. The molecule has 3 aromatic rings. The molecule has 1 amide bonds. The van der Waals surface area contributed by atoms with Gasteiger partial charge < -0.3 is 14.8 Å². The van der Waals surface area contributed by atoms with Gasteiger partial charge in [-0.15, -0.1) is 0 Å². The summed E-state index contributed by atoms with van der Waals surface area (Å²) in [6, 6.07) is 16.7. The maximum absolute atomic E-state index is 12.6. The standard InChI is InChI=1S/C26H21Cl3N2O3S/c1-3-33-21-12-17(11-19(28)24(21)34-14-16-7-4-6-15(2)10-16)13-22-25(32)31-26(35-22)30-20-9-5-8-18(27)23(20)29/h4-13H,3,14H2,1-2H3,(H,30,31,32)/b22-13+. The molecule has 1 aliphatic rings. The molecule has 180 valence electrons. The molecule has 1 heterocycles. The molecule has 35 heavy (non-hydrogen) atoms. The second-order valence-electron chi connectivity index (χ2n) is 7.60. The van der Waals surface area contributed by atoms with Crippen LogP contribution in [0.3, 0.4) is 0 Å². The van der Waals surface area contributed by atoms with Gasteiger partial charge in [-0.2, -0.15) is 0 Å². The van der Waals surface area contributed by atoms with Crippen molar-refractivity contribution in [1.82, 2.24) is 5.32 Å². The highest BCUT2D eigenvalue weighted by Crippen LogP contribution is 2.39. The normalized spacial score (nSPS) is 15.5. The van der Waals surface area contributed by atoms with E-state index in [-0.39, 0.29) is 5.91 Å². The number of rotatable bonds is 7. The third-order valence-corrected chi connectivity index (χ3v) is 6.90. The van der Waals surface area contributed by atoms with Crippen molar-refractivity contribution in [2.45, 2.75) is 20.5 Å². The molecule has 1 aliphatic heterocycles. The largest absolute Gasteiger partial charge is 0.490 e. The minimum Gasteiger partial charge on any atom is -0.490 e. The van der Waals surface area contributed by atoms with Gasteiger partial charge in [-0.25, -0.2) is 4.99 Å². The van der Waals surface area contributed by atoms with E-state index in [1.54, 1.807) is 36.4 Å². The zero-order valence-corrected chi connectivity index (χ0v) is 22.0. The van der Waals surface area contributed by atoms with E-state index in [2.05, 4.69) is 16.4 Å². The number of carbonyl (C=O) groups excluding carboxylic acids is 1. The van der Waals surface area contributed by atoms with Crippen molar-refractivity contribution in [3.05, 3.63) is 91.3 Å². The Labute approximate surface area is 223 Å². The molecule has 1 saturated heterocycles. The van der Waals surface area contributed by atoms with Crippen LogP contribution in [0.4, 0.5) is 5.69 Å². The number of halogens is 3. The number of nitrogens with zero attached hydrogens (tertiary/aromatic N) is 1. The van der Waals surface area contributed by atoms with Crippen molar-refractivity contribution in [2.75, 3.05) is 6.61 Å². The molecule has 0 atom stereocenters. The van der Waals surface area contributed by atoms with E-state index in [0.29, 0.717) is 61.1 Å². The van der Waals surface area contributed by atoms with Crippen molar-refractivity contribution in [3.8, 4) is 11.5 Å². The van der Waals surface area contributed by atoms with Crippen LogP contribution in [0.25, 0.3) is 6.08 Å². The second kappa shape index (κ2) is 11.4. The first-order chi connectivity index (χ1) is 16.8. The van der Waals surface area contributed by atoms with E-state index in [0.717, 1.165) is 11.1 Å². The van der Waals surface area contributed by atoms with Crippen LogP contribution in [-0.4, -0.2) is 17.7 Å². The lowest BCUT2D eigenvalue weighted by Gasteiger charge is -2.15. The van der Waals surface area contributed by atoms with E-state index in [1.807, 2.05) is 32.0 Å². The number of benzene rings is 3. The highest BCUT2D eigenvalue weighted by molar-refractivity contribution is 8.18. The minimum absolute atomic E-state index is 0.277. The summed E-state index contributed by atoms with van der Waals surface area (Å²) >= 11 is 20.0. The summed E-state index contributed by atoms with van der Waals surface area (Å²) in [5, 5.41) is 4.25. The molecule has 0 saturated carbocycles. The Morgan fingerprint density at radius 3 is 2.60 bits per heavy atom. The van der Waals surface area contributed by atoms with Gasteiger partial charge in [0.1, 0.15) is 6.61 Å². The Balaban J connectivity index is 1.57. The Kier molecular flexibility index (Phi) is 8.29. The zero-order valence-electron chi connectivity index (χ0n) is 18.9. The van der Waals surface area contributed by atoms with Gasteiger partial charge in [-0.3, -0.25) is 4.79 Å². The topological polar surface area (TPSA) is 59.9 Å². The van der Waals surface area contributed by atoms with Gasteiger partial charge in [-0.05, 0) is 67.1 Å². The monoisotopic (exact) mass is 546 g/mol. The van der Waals surface area contributed by atoms with E-state index >= 15 is 0 Å². The van der Waals surface area contributed by atoms with Gasteiger partial charge in [0, 0.05) is 0 Å². The fourth-order valence-corrected chi connectivity index (χ4v) is 4.80. The zero-order chi connectivity index (χ0) is 24.9. The Hall–Kier alpha value is -2.64. The molecular formula is C26H21Cl3N2O3S. The molecule has 0 aliphatic carbocycles. The van der Waals surface area contributed by atoms with Crippen molar-refractivity contribution >= 4 is 69.4 Å². The number of hydrogen-bond donors (Lipinski definition) is 1. The summed E-state index contributed by atoms with van der Waals surface area (Å²) in [6.45, 7) is 4.70. The number of nitrogens with one attached hydrogen (secondary N) is 1. The Morgan fingerprint density at radius 1 is 1.03 bits per heavy atom. The van der Waals surface area contributed by atoms with E-state index in [9.17, 15) is 4.79 Å². The molecule has 0 radical (unpaired) electrons. The minimum atomic E-state index is -0.277. The first-order valence-corrected chi connectivity index (χ1v) is 12.7. The fourth-order valence-electron chi connectivity index (χ4n) is 3.35. The number of aliphatic imine (C=N–C) groups is 1. The Morgan fingerprint density at radius 2 is 1.83 bits per heavy atom. The van der Waals surface area contributed by atoms with Crippen LogP contribution < -0.4 is 14.8 Å². The number of ether oxygens (including phenoxy) is 2. The van der Waals surface area contributed by atoms with Gasteiger partial charge in [0.25, 0.3) is 5.91 Å². The lowest BCUT2D eigenvalue weighted by Crippen LogP contribution is -2.19. The van der Waals surface area contributed by atoms with Gasteiger partial charge >= 0.3 is 0 Å².